The van der Waals surface area contributed by atoms with E-state index in [0.29, 0.717) is 35.3 Å². The highest BCUT2D eigenvalue weighted by Gasteiger charge is 2.16. The van der Waals surface area contributed by atoms with Crippen LogP contribution in [0.1, 0.15) is 37.1 Å². The standard InChI is InChI=1S/C21H29N3O3S/c1-15(2)10-11-22-19(25)14-28-21-23-18(13-27-4)17(20(26)24(21)3)12-16-8-6-5-7-9-16/h5-9,15H,10-14H2,1-4H3,(H,22,25). The number of ether oxygens (including phenoxy) is 1. The molecule has 0 spiro atoms. The summed E-state index contributed by atoms with van der Waals surface area (Å²) >= 11 is 1.27. The molecule has 0 saturated heterocycles. The third kappa shape index (κ3) is 6.49. The van der Waals surface area contributed by atoms with E-state index in [4.69, 9.17) is 4.74 Å². The Morgan fingerprint density at radius 3 is 2.64 bits per heavy atom. The summed E-state index contributed by atoms with van der Waals surface area (Å²) in [5, 5.41) is 3.42. The molecule has 7 heteroatoms. The molecule has 2 rings (SSSR count). The van der Waals surface area contributed by atoms with Gasteiger partial charge < -0.3 is 10.1 Å². The van der Waals surface area contributed by atoms with Crippen molar-refractivity contribution in [2.24, 2.45) is 13.0 Å². The molecule has 0 aliphatic heterocycles. The van der Waals surface area contributed by atoms with E-state index in [-0.39, 0.29) is 23.8 Å². The van der Waals surface area contributed by atoms with Gasteiger partial charge in [0, 0.05) is 32.7 Å². The number of methoxy groups -OCH3 is 1. The predicted octanol–water partition coefficient (Wildman–Crippen LogP) is 2.77. The number of benzene rings is 1. The number of thioether (sulfide) groups is 1. The number of carbonyl (C=O) groups is 1. The van der Waals surface area contributed by atoms with Crippen LogP contribution in [0.4, 0.5) is 0 Å². The van der Waals surface area contributed by atoms with Gasteiger partial charge >= 0.3 is 0 Å². The number of amides is 1. The van der Waals surface area contributed by atoms with Gasteiger partial charge in [-0.05, 0) is 17.9 Å². The van der Waals surface area contributed by atoms with Crippen LogP contribution in [-0.2, 0) is 29.6 Å². The van der Waals surface area contributed by atoms with E-state index in [1.807, 2.05) is 30.3 Å². The lowest BCUT2D eigenvalue weighted by Gasteiger charge is -2.14. The molecule has 1 N–H and O–H groups in total. The third-order valence-corrected chi connectivity index (χ3v) is 5.34. The van der Waals surface area contributed by atoms with Crippen LogP contribution < -0.4 is 10.9 Å². The molecular formula is C21H29N3O3S. The second kappa shape index (κ2) is 11.0. The Balaban J connectivity index is 2.15. The maximum atomic E-state index is 12.9. The van der Waals surface area contributed by atoms with Crippen molar-refractivity contribution in [3.63, 3.8) is 0 Å². The fourth-order valence-electron chi connectivity index (χ4n) is 2.71. The van der Waals surface area contributed by atoms with Gasteiger partial charge in [0.05, 0.1) is 18.1 Å². The van der Waals surface area contributed by atoms with Crippen molar-refractivity contribution in [2.45, 2.75) is 38.5 Å². The quantitative estimate of drug-likeness (QED) is 0.488. The molecule has 0 bridgehead atoms. The number of nitrogens with zero attached hydrogens (tertiary/aromatic N) is 2. The Morgan fingerprint density at radius 2 is 2.00 bits per heavy atom. The van der Waals surface area contributed by atoms with Gasteiger partial charge in [0.1, 0.15) is 0 Å². The minimum absolute atomic E-state index is 0.0541. The van der Waals surface area contributed by atoms with Crippen LogP contribution >= 0.6 is 11.8 Å². The lowest BCUT2D eigenvalue weighted by Crippen LogP contribution is -2.29. The van der Waals surface area contributed by atoms with Gasteiger partial charge in [-0.15, -0.1) is 0 Å². The summed E-state index contributed by atoms with van der Waals surface area (Å²) in [5.74, 6) is 0.716. The molecule has 1 aromatic carbocycles. The summed E-state index contributed by atoms with van der Waals surface area (Å²) in [6, 6.07) is 9.82. The number of rotatable bonds is 10. The number of hydrogen-bond acceptors (Lipinski definition) is 5. The highest BCUT2D eigenvalue weighted by molar-refractivity contribution is 7.99. The van der Waals surface area contributed by atoms with Crippen LogP contribution in [0.25, 0.3) is 0 Å². The second-order valence-electron chi connectivity index (χ2n) is 7.10. The van der Waals surface area contributed by atoms with Gasteiger partial charge in [0.15, 0.2) is 5.16 Å². The van der Waals surface area contributed by atoms with Gasteiger partial charge in [-0.1, -0.05) is 55.9 Å². The molecule has 6 nitrogen and oxygen atoms in total. The summed E-state index contributed by atoms with van der Waals surface area (Å²) in [5.41, 5.74) is 2.19. The first-order valence-electron chi connectivity index (χ1n) is 9.43. The van der Waals surface area contributed by atoms with Gasteiger partial charge in [-0.2, -0.15) is 0 Å². The maximum Gasteiger partial charge on any atom is 0.257 e. The molecule has 1 aromatic heterocycles. The summed E-state index contributed by atoms with van der Waals surface area (Å²) in [7, 11) is 3.28. The van der Waals surface area contributed by atoms with Gasteiger partial charge in [-0.3, -0.25) is 14.2 Å². The van der Waals surface area contributed by atoms with Crippen LogP contribution in [0, 0.1) is 5.92 Å². The first kappa shape index (κ1) is 22.2. The third-order valence-electron chi connectivity index (χ3n) is 4.31. The lowest BCUT2D eigenvalue weighted by atomic mass is 10.0. The normalized spacial score (nSPS) is 11.0. The summed E-state index contributed by atoms with van der Waals surface area (Å²) in [6.07, 6.45) is 1.44. The molecule has 0 aliphatic rings. The van der Waals surface area contributed by atoms with E-state index >= 15 is 0 Å². The highest BCUT2D eigenvalue weighted by atomic mass is 32.2. The zero-order chi connectivity index (χ0) is 20.5. The first-order chi connectivity index (χ1) is 13.4. The molecule has 1 heterocycles. The molecule has 0 fully saturated rings. The van der Waals surface area contributed by atoms with Crippen LogP contribution in [0.3, 0.4) is 0 Å². The fraction of sp³-hybridized carbons (Fsp3) is 0.476. The molecule has 0 aliphatic carbocycles. The smallest absolute Gasteiger partial charge is 0.257 e. The minimum Gasteiger partial charge on any atom is -0.378 e. The number of nitrogens with one attached hydrogen (secondary N) is 1. The van der Waals surface area contributed by atoms with Crippen molar-refractivity contribution in [3.05, 3.63) is 57.5 Å². The first-order valence-corrected chi connectivity index (χ1v) is 10.4. The Labute approximate surface area is 170 Å². The Bertz CT molecular complexity index is 835. The SMILES string of the molecule is COCc1nc(SCC(=O)NCCC(C)C)n(C)c(=O)c1Cc1ccccc1. The molecule has 2 aromatic rings. The second-order valence-corrected chi connectivity index (χ2v) is 8.04. The van der Waals surface area contributed by atoms with Gasteiger partial charge in [0.25, 0.3) is 5.56 Å². The summed E-state index contributed by atoms with van der Waals surface area (Å²) in [6.45, 7) is 5.16. The van der Waals surface area contributed by atoms with Crippen LogP contribution in [0.2, 0.25) is 0 Å². The molecule has 152 valence electrons. The molecule has 0 unspecified atom stereocenters. The zero-order valence-corrected chi connectivity index (χ0v) is 17.8. The van der Waals surface area contributed by atoms with Crippen molar-refractivity contribution in [1.82, 2.24) is 14.9 Å². The molecule has 0 atom stereocenters. The molecule has 0 radical (unpaired) electrons. The Kier molecular flexibility index (Phi) is 8.73. The fourth-order valence-corrected chi connectivity index (χ4v) is 3.53. The van der Waals surface area contributed by atoms with Gasteiger partial charge in [0.2, 0.25) is 5.91 Å². The largest absolute Gasteiger partial charge is 0.378 e. The number of carbonyl (C=O) groups excluding carboxylic acids is 1. The Morgan fingerprint density at radius 1 is 1.29 bits per heavy atom. The van der Waals surface area contributed by atoms with Crippen molar-refractivity contribution in [3.8, 4) is 0 Å². The monoisotopic (exact) mass is 403 g/mol. The maximum absolute atomic E-state index is 12.9. The predicted molar refractivity (Wildman–Crippen MR) is 113 cm³/mol. The van der Waals surface area contributed by atoms with E-state index in [1.54, 1.807) is 14.2 Å². The zero-order valence-electron chi connectivity index (χ0n) is 17.0. The van der Waals surface area contributed by atoms with Crippen LogP contribution in [0.15, 0.2) is 40.3 Å². The molecule has 0 saturated carbocycles. The average Bonchev–Trinajstić information content (AvgIpc) is 2.67. The van der Waals surface area contributed by atoms with Crippen molar-refractivity contribution in [1.29, 1.82) is 0 Å². The van der Waals surface area contributed by atoms with Crippen molar-refractivity contribution >= 4 is 17.7 Å². The van der Waals surface area contributed by atoms with E-state index < -0.39 is 0 Å². The van der Waals surface area contributed by atoms with E-state index in [1.165, 1.54) is 16.3 Å². The van der Waals surface area contributed by atoms with Crippen LogP contribution in [-0.4, -0.2) is 34.9 Å². The van der Waals surface area contributed by atoms with Gasteiger partial charge in [-0.25, -0.2) is 4.98 Å². The summed E-state index contributed by atoms with van der Waals surface area (Å²) in [4.78, 5) is 29.6. The van der Waals surface area contributed by atoms with E-state index in [0.717, 1.165) is 12.0 Å². The number of hydrogen-bond donors (Lipinski definition) is 1. The molecule has 28 heavy (non-hydrogen) atoms. The average molecular weight is 404 g/mol. The highest BCUT2D eigenvalue weighted by Crippen LogP contribution is 2.17. The van der Waals surface area contributed by atoms with Crippen molar-refractivity contribution < 1.29 is 9.53 Å². The number of aromatic nitrogens is 2. The molecular weight excluding hydrogens is 374 g/mol. The summed E-state index contributed by atoms with van der Waals surface area (Å²) < 4.78 is 6.78. The van der Waals surface area contributed by atoms with Crippen LogP contribution in [0.5, 0.6) is 0 Å². The molecule has 1 amide bonds. The Hall–Kier alpha value is -2.12. The lowest BCUT2D eigenvalue weighted by molar-refractivity contribution is -0.118. The van der Waals surface area contributed by atoms with E-state index in [2.05, 4.69) is 24.1 Å². The minimum atomic E-state index is -0.103. The topological polar surface area (TPSA) is 73.2 Å². The van der Waals surface area contributed by atoms with Crippen molar-refractivity contribution in [2.75, 3.05) is 19.4 Å². The van der Waals surface area contributed by atoms with E-state index in [9.17, 15) is 9.59 Å².